The lowest BCUT2D eigenvalue weighted by atomic mass is 9.92. The van der Waals surface area contributed by atoms with Crippen molar-refractivity contribution in [3.63, 3.8) is 0 Å². The van der Waals surface area contributed by atoms with Crippen molar-refractivity contribution in [3.05, 3.63) is 42.0 Å². The van der Waals surface area contributed by atoms with E-state index >= 15 is 0 Å². The van der Waals surface area contributed by atoms with Crippen LogP contribution < -0.4 is 26.6 Å². The van der Waals surface area contributed by atoms with Crippen molar-refractivity contribution in [3.8, 4) is 0 Å². The topological polar surface area (TPSA) is 262 Å². The SMILES string of the molecule is CC[C@H](C)[C@@H]([C@@H](C)OC)N(C)C(=O)[C@@H](NC(=O)[C@H](C(C)C)N(C)C(=O)OCc1ccc(NC(=O)[C@H](CO)NC(=O)[C@@H](NC(=O)CCNC(=O)CN2C(=O)C=CC2=O)C(C)C)cc1)C(C)C. The second-order valence-corrected chi connectivity index (χ2v) is 17.3. The number of carbonyl (C=O) groups excluding carboxylic acids is 9. The van der Waals surface area contributed by atoms with Crippen LogP contribution in [0.5, 0.6) is 0 Å². The fraction of sp³-hybridized carbons (Fsp3) is 0.622. The highest BCUT2D eigenvalue weighted by Crippen LogP contribution is 2.22. The number of likely N-dealkylation sites (N-methyl/N-ethyl adjacent to an activating group) is 2. The number of aliphatic hydroxyl groups is 1. The molecule has 7 atom stereocenters. The molecule has 1 aromatic carbocycles. The highest BCUT2D eigenvalue weighted by Gasteiger charge is 2.38. The molecule has 0 radical (unpaired) electrons. The quantitative estimate of drug-likeness (QED) is 0.0760. The smallest absolute Gasteiger partial charge is 0.410 e. The van der Waals surface area contributed by atoms with Crippen LogP contribution in [0.15, 0.2) is 36.4 Å². The third-order valence-electron chi connectivity index (χ3n) is 11.3. The molecular formula is C45H70N8O12. The normalized spacial score (nSPS) is 15.7. The third-order valence-corrected chi connectivity index (χ3v) is 11.3. The second kappa shape index (κ2) is 26.2. The van der Waals surface area contributed by atoms with Gasteiger partial charge in [0.05, 0.1) is 18.8 Å². The molecule has 0 aromatic heterocycles. The molecule has 65 heavy (non-hydrogen) atoms. The summed E-state index contributed by atoms with van der Waals surface area (Å²) in [5.41, 5.74) is 0.838. The van der Waals surface area contributed by atoms with Crippen molar-refractivity contribution in [2.45, 2.75) is 118 Å². The number of aliphatic hydroxyl groups excluding tert-OH is 1. The van der Waals surface area contributed by atoms with Crippen molar-refractivity contribution in [2.75, 3.05) is 46.2 Å². The van der Waals surface area contributed by atoms with Gasteiger partial charge in [-0.05, 0) is 48.3 Å². The van der Waals surface area contributed by atoms with Crippen molar-refractivity contribution < 1.29 is 57.7 Å². The monoisotopic (exact) mass is 915 g/mol. The van der Waals surface area contributed by atoms with Gasteiger partial charge in [-0.1, -0.05) is 73.9 Å². The van der Waals surface area contributed by atoms with E-state index in [1.165, 1.54) is 24.1 Å². The van der Waals surface area contributed by atoms with Gasteiger partial charge in [0.25, 0.3) is 11.8 Å². The lowest BCUT2D eigenvalue weighted by Crippen LogP contribution is -2.59. The molecule has 0 saturated heterocycles. The highest BCUT2D eigenvalue weighted by molar-refractivity contribution is 6.14. The Morgan fingerprint density at radius 3 is 1.83 bits per heavy atom. The molecule has 1 heterocycles. The van der Waals surface area contributed by atoms with Crippen molar-refractivity contribution in [1.29, 1.82) is 0 Å². The van der Waals surface area contributed by atoms with E-state index < -0.39 is 90.7 Å². The Balaban J connectivity index is 1.97. The first-order valence-corrected chi connectivity index (χ1v) is 21.9. The lowest BCUT2D eigenvalue weighted by Gasteiger charge is -2.39. The maximum Gasteiger partial charge on any atom is 0.410 e. The number of carbonyl (C=O) groups is 9. The zero-order valence-electron chi connectivity index (χ0n) is 39.8. The Kier molecular flexibility index (Phi) is 22.2. The average Bonchev–Trinajstić information content (AvgIpc) is 3.57. The second-order valence-electron chi connectivity index (χ2n) is 17.3. The molecule has 2 rings (SSSR count). The minimum absolute atomic E-state index is 0.131. The summed E-state index contributed by atoms with van der Waals surface area (Å²) in [6, 6.07) is 1.66. The molecule has 0 unspecified atom stereocenters. The van der Waals surface area contributed by atoms with Crippen LogP contribution >= 0.6 is 0 Å². The third kappa shape index (κ3) is 16.2. The first kappa shape index (κ1) is 55.2. The van der Waals surface area contributed by atoms with Gasteiger partial charge in [-0.2, -0.15) is 0 Å². The molecule has 1 aromatic rings. The molecule has 6 N–H and O–H groups in total. The molecule has 0 bridgehead atoms. The number of anilines is 1. The fourth-order valence-corrected chi connectivity index (χ4v) is 7.20. The number of benzene rings is 1. The Bertz CT molecular complexity index is 1840. The zero-order valence-corrected chi connectivity index (χ0v) is 39.8. The zero-order chi connectivity index (χ0) is 49.3. The minimum Gasteiger partial charge on any atom is -0.445 e. The Morgan fingerprint density at radius 2 is 1.32 bits per heavy atom. The van der Waals surface area contributed by atoms with Gasteiger partial charge in [0.2, 0.25) is 35.4 Å². The van der Waals surface area contributed by atoms with Gasteiger partial charge >= 0.3 is 6.09 Å². The number of ether oxygens (including phenoxy) is 2. The molecule has 0 spiro atoms. The molecule has 9 amide bonds. The number of hydrogen-bond donors (Lipinski definition) is 6. The standard InChI is InChI=1S/C45H70N8O12/c1-13-28(8)40(29(9)64-12)51(10)44(62)38(26(4)5)50-43(61)39(27(6)7)52(11)45(63)65-24-30-14-16-31(17-15-30)47-41(59)32(23-54)48-42(60)37(25(2)3)49-33(55)20-21-46-34(56)22-53-35(57)18-19-36(53)58/h14-19,25-29,32,37-40,54H,13,20-24H2,1-12H3,(H,46,56)(H,47,59)(H,48,60)(H,49,55)(H,50,61)/t28-,29+,32-,37-,38-,39-,40-/m0/s1. The molecule has 20 nitrogen and oxygen atoms in total. The summed E-state index contributed by atoms with van der Waals surface area (Å²) < 4.78 is 11.1. The van der Waals surface area contributed by atoms with E-state index in [4.69, 9.17) is 9.47 Å². The molecular weight excluding hydrogens is 845 g/mol. The Hall–Kier alpha value is -5.89. The van der Waals surface area contributed by atoms with Crippen LogP contribution in [-0.2, 0) is 54.4 Å². The fourth-order valence-electron chi connectivity index (χ4n) is 7.20. The number of amides is 9. The number of nitrogens with one attached hydrogen (secondary N) is 5. The van der Waals surface area contributed by atoms with Crippen LogP contribution in [0.4, 0.5) is 10.5 Å². The molecule has 0 fully saturated rings. The summed E-state index contributed by atoms with van der Waals surface area (Å²) in [6.07, 6.45) is 1.66. The molecule has 0 saturated carbocycles. The van der Waals surface area contributed by atoms with Gasteiger partial charge in [-0.15, -0.1) is 0 Å². The van der Waals surface area contributed by atoms with Crippen LogP contribution in [0.25, 0.3) is 0 Å². The van der Waals surface area contributed by atoms with Gasteiger partial charge < -0.3 is 46.1 Å². The van der Waals surface area contributed by atoms with E-state index in [9.17, 15) is 48.3 Å². The minimum atomic E-state index is -1.40. The van der Waals surface area contributed by atoms with E-state index in [1.54, 1.807) is 58.9 Å². The van der Waals surface area contributed by atoms with Crippen molar-refractivity contribution >= 4 is 59.0 Å². The van der Waals surface area contributed by atoms with E-state index in [-0.39, 0.29) is 55.4 Å². The maximum atomic E-state index is 13.9. The molecule has 0 aliphatic carbocycles. The number of nitrogens with zero attached hydrogens (tertiary/aromatic N) is 3. The van der Waals surface area contributed by atoms with Crippen LogP contribution in [0.3, 0.4) is 0 Å². The van der Waals surface area contributed by atoms with E-state index in [0.717, 1.165) is 23.5 Å². The highest BCUT2D eigenvalue weighted by atomic mass is 16.6. The Morgan fingerprint density at radius 1 is 0.738 bits per heavy atom. The van der Waals surface area contributed by atoms with Gasteiger partial charge in [0.1, 0.15) is 37.3 Å². The first-order chi connectivity index (χ1) is 30.5. The molecule has 1 aliphatic heterocycles. The molecule has 362 valence electrons. The molecule has 1 aliphatic rings. The summed E-state index contributed by atoms with van der Waals surface area (Å²) >= 11 is 0. The number of imide groups is 1. The van der Waals surface area contributed by atoms with E-state index in [1.807, 2.05) is 34.6 Å². The number of rotatable bonds is 25. The average molecular weight is 915 g/mol. The van der Waals surface area contributed by atoms with Gasteiger partial charge in [-0.3, -0.25) is 48.2 Å². The van der Waals surface area contributed by atoms with E-state index in [0.29, 0.717) is 11.3 Å². The predicted octanol–water partition coefficient (Wildman–Crippen LogP) is 1.32. The number of hydrogen-bond acceptors (Lipinski definition) is 12. The van der Waals surface area contributed by atoms with Crippen LogP contribution in [-0.4, -0.2) is 150 Å². The van der Waals surface area contributed by atoms with Gasteiger partial charge in [-0.25, -0.2) is 4.79 Å². The largest absolute Gasteiger partial charge is 0.445 e. The van der Waals surface area contributed by atoms with Gasteiger partial charge in [0.15, 0.2) is 0 Å². The van der Waals surface area contributed by atoms with E-state index in [2.05, 4.69) is 26.6 Å². The summed E-state index contributed by atoms with van der Waals surface area (Å²) in [4.78, 5) is 119. The van der Waals surface area contributed by atoms with Crippen molar-refractivity contribution in [2.24, 2.45) is 23.7 Å². The summed E-state index contributed by atoms with van der Waals surface area (Å²) in [5, 5.41) is 22.9. The van der Waals surface area contributed by atoms with Crippen molar-refractivity contribution in [1.82, 2.24) is 36.0 Å². The first-order valence-electron chi connectivity index (χ1n) is 21.9. The maximum absolute atomic E-state index is 13.9. The Labute approximate surface area is 381 Å². The van der Waals surface area contributed by atoms with Crippen LogP contribution in [0.1, 0.15) is 80.7 Å². The van der Waals surface area contributed by atoms with Crippen LogP contribution in [0.2, 0.25) is 0 Å². The molecule has 20 heteroatoms. The summed E-state index contributed by atoms with van der Waals surface area (Å²) in [5.74, 6) is -5.69. The van der Waals surface area contributed by atoms with Gasteiger partial charge in [0, 0.05) is 52.0 Å². The predicted molar refractivity (Wildman–Crippen MR) is 240 cm³/mol. The number of methoxy groups -OCH3 is 1. The summed E-state index contributed by atoms with van der Waals surface area (Å²) in [6.45, 7) is 15.0. The van der Waals surface area contributed by atoms with Crippen LogP contribution in [0, 0.1) is 23.7 Å². The lowest BCUT2D eigenvalue weighted by molar-refractivity contribution is -0.143. The summed E-state index contributed by atoms with van der Waals surface area (Å²) in [7, 11) is 4.76.